The van der Waals surface area contributed by atoms with E-state index in [0.717, 1.165) is 28.2 Å². The van der Waals surface area contributed by atoms with Gasteiger partial charge in [0.15, 0.2) is 0 Å². The predicted molar refractivity (Wildman–Crippen MR) is 128 cm³/mol. The molecule has 1 amide bonds. The molecule has 0 radical (unpaired) electrons. The molecule has 3 aromatic carbocycles. The van der Waals surface area contributed by atoms with Crippen molar-refractivity contribution in [2.45, 2.75) is 32.0 Å². The summed E-state index contributed by atoms with van der Waals surface area (Å²) in [6.45, 7) is 2.55. The number of nitrogens with one attached hydrogen (secondary N) is 3. The molecule has 2 atom stereocenters. The number of hydrogen-bond donors (Lipinski definition) is 3. The Morgan fingerprint density at radius 3 is 2.58 bits per heavy atom. The van der Waals surface area contributed by atoms with Crippen molar-refractivity contribution in [3.05, 3.63) is 95.1 Å². The molecule has 0 saturated carbocycles. The summed E-state index contributed by atoms with van der Waals surface area (Å²) in [4.78, 5) is 12.6. The maximum absolute atomic E-state index is 12.6. The van der Waals surface area contributed by atoms with Crippen LogP contribution in [0.25, 0.3) is 0 Å². The largest absolute Gasteiger partial charge is 0.497 e. The number of carbonyl (C=O) groups is 1. The van der Waals surface area contributed by atoms with E-state index in [9.17, 15) is 4.79 Å². The molecule has 0 bridgehead atoms. The van der Waals surface area contributed by atoms with E-state index < -0.39 is 6.04 Å². The summed E-state index contributed by atoms with van der Waals surface area (Å²) in [6, 6.07) is 23.2. The smallest absolute Gasteiger partial charge is 0.258 e. The van der Waals surface area contributed by atoms with Gasteiger partial charge >= 0.3 is 0 Å². The van der Waals surface area contributed by atoms with E-state index in [1.54, 1.807) is 13.3 Å². The fourth-order valence-electron chi connectivity index (χ4n) is 3.62. The third-order valence-corrected chi connectivity index (χ3v) is 5.53. The Kier molecular flexibility index (Phi) is 7.34. The molecule has 0 aromatic heterocycles. The van der Waals surface area contributed by atoms with Crippen molar-refractivity contribution in [3.8, 4) is 11.5 Å². The van der Waals surface area contributed by atoms with E-state index >= 15 is 0 Å². The number of ether oxygens (including phenoxy) is 2. The monoisotopic (exact) mass is 444 g/mol. The van der Waals surface area contributed by atoms with Crippen LogP contribution in [-0.4, -0.2) is 25.3 Å². The van der Waals surface area contributed by atoms with E-state index in [1.807, 2.05) is 48.5 Å². The number of methoxy groups -OCH3 is 1. The van der Waals surface area contributed by atoms with Gasteiger partial charge in [-0.1, -0.05) is 48.0 Å². The molecule has 1 fully saturated rings. The lowest BCUT2D eigenvalue weighted by Crippen LogP contribution is -2.41. The van der Waals surface area contributed by atoms with Crippen LogP contribution in [0.15, 0.2) is 77.9 Å². The van der Waals surface area contributed by atoms with Crippen LogP contribution < -0.4 is 25.8 Å². The molecule has 1 aliphatic rings. The molecule has 2 unspecified atom stereocenters. The van der Waals surface area contributed by atoms with Gasteiger partial charge in [-0.15, -0.1) is 0 Å². The average molecular weight is 445 g/mol. The quantitative estimate of drug-likeness (QED) is 0.365. The zero-order valence-electron chi connectivity index (χ0n) is 18.7. The van der Waals surface area contributed by atoms with Crippen molar-refractivity contribution >= 4 is 12.1 Å². The molecule has 0 aliphatic carbocycles. The molecule has 0 spiro atoms. The minimum atomic E-state index is -0.409. The van der Waals surface area contributed by atoms with E-state index in [-0.39, 0.29) is 11.9 Å². The van der Waals surface area contributed by atoms with Crippen molar-refractivity contribution in [2.24, 2.45) is 5.10 Å². The average Bonchev–Trinajstić information content (AvgIpc) is 3.35. The second kappa shape index (κ2) is 10.8. The van der Waals surface area contributed by atoms with E-state index in [1.165, 1.54) is 5.56 Å². The fourth-order valence-corrected chi connectivity index (χ4v) is 3.62. The van der Waals surface area contributed by atoms with Gasteiger partial charge in [0.05, 0.1) is 19.4 Å². The van der Waals surface area contributed by atoms with Crippen LogP contribution in [-0.2, 0) is 11.4 Å². The zero-order chi connectivity index (χ0) is 23.0. The summed E-state index contributed by atoms with van der Waals surface area (Å²) < 4.78 is 11.2. The Morgan fingerprint density at radius 1 is 1.06 bits per heavy atom. The standard InChI is InChI=1S/C26H28N4O3/c1-18-7-9-20(10-8-18)17-33-25-6-4-3-5-22(25)23-15-24(29-28-23)26(31)30-27-16-19-11-13-21(32-2)14-12-19/h3-14,16,23-24,28-29H,15,17H2,1-2H3,(H,30,31)/b27-16-. The third-order valence-electron chi connectivity index (χ3n) is 5.53. The highest BCUT2D eigenvalue weighted by molar-refractivity contribution is 5.85. The molecular weight excluding hydrogens is 416 g/mol. The second-order valence-corrected chi connectivity index (χ2v) is 7.95. The number of hydrazine groups is 1. The first-order chi connectivity index (χ1) is 16.1. The van der Waals surface area contributed by atoms with Crippen molar-refractivity contribution < 1.29 is 14.3 Å². The van der Waals surface area contributed by atoms with Crippen molar-refractivity contribution in [3.63, 3.8) is 0 Å². The Morgan fingerprint density at radius 2 is 1.82 bits per heavy atom. The summed E-state index contributed by atoms with van der Waals surface area (Å²) in [7, 11) is 1.62. The molecule has 4 rings (SSSR count). The number of hydrogen-bond acceptors (Lipinski definition) is 6. The van der Waals surface area contributed by atoms with Crippen molar-refractivity contribution in [1.29, 1.82) is 0 Å². The van der Waals surface area contributed by atoms with Crippen molar-refractivity contribution in [2.75, 3.05) is 7.11 Å². The van der Waals surface area contributed by atoms with Gasteiger partial charge in [0.2, 0.25) is 0 Å². The normalized spacial score (nSPS) is 17.8. The molecule has 7 heteroatoms. The summed E-state index contributed by atoms with van der Waals surface area (Å²) in [6.07, 6.45) is 2.18. The number of carbonyl (C=O) groups excluding carboxylic acids is 1. The summed E-state index contributed by atoms with van der Waals surface area (Å²) >= 11 is 0. The Labute approximate surface area is 193 Å². The molecule has 1 saturated heterocycles. The minimum Gasteiger partial charge on any atom is -0.497 e. The van der Waals surface area contributed by atoms with Gasteiger partial charge in [-0.3, -0.25) is 4.79 Å². The topological polar surface area (TPSA) is 84.0 Å². The maximum Gasteiger partial charge on any atom is 0.258 e. The lowest BCUT2D eigenvalue weighted by Gasteiger charge is -2.16. The van der Waals surface area contributed by atoms with Gasteiger partial charge in [0.25, 0.3) is 5.91 Å². The van der Waals surface area contributed by atoms with Crippen LogP contribution in [0.5, 0.6) is 11.5 Å². The molecule has 3 N–H and O–H groups in total. The Balaban J connectivity index is 1.32. The number of benzene rings is 3. The van der Waals surface area contributed by atoms with Gasteiger partial charge < -0.3 is 9.47 Å². The number of amides is 1. The Bertz CT molecular complexity index is 1100. The molecule has 170 valence electrons. The van der Waals surface area contributed by atoms with Crippen LogP contribution in [0.2, 0.25) is 0 Å². The minimum absolute atomic E-state index is 0.0551. The third kappa shape index (κ3) is 5.97. The van der Waals surface area contributed by atoms with Crippen LogP contribution in [0.3, 0.4) is 0 Å². The van der Waals surface area contributed by atoms with E-state index in [0.29, 0.717) is 13.0 Å². The number of hydrazone groups is 1. The highest BCUT2D eigenvalue weighted by Gasteiger charge is 2.31. The van der Waals surface area contributed by atoms with Crippen molar-refractivity contribution in [1.82, 2.24) is 16.3 Å². The molecule has 3 aromatic rings. The van der Waals surface area contributed by atoms with E-state index in [4.69, 9.17) is 9.47 Å². The second-order valence-electron chi connectivity index (χ2n) is 7.95. The predicted octanol–water partition coefficient (Wildman–Crippen LogP) is 3.64. The van der Waals surface area contributed by atoms with Gasteiger partial charge in [-0.05, 0) is 54.8 Å². The zero-order valence-corrected chi connectivity index (χ0v) is 18.7. The highest BCUT2D eigenvalue weighted by Crippen LogP contribution is 2.30. The SMILES string of the molecule is COc1ccc(/C=N\NC(=O)C2CC(c3ccccc3OCc3ccc(C)cc3)NN2)cc1. The first-order valence-electron chi connectivity index (χ1n) is 10.9. The molecular formula is C26H28N4O3. The number of para-hydroxylation sites is 1. The number of nitrogens with zero attached hydrogens (tertiary/aromatic N) is 1. The van der Waals surface area contributed by atoms with Crippen LogP contribution in [0, 0.1) is 6.92 Å². The highest BCUT2D eigenvalue weighted by atomic mass is 16.5. The van der Waals surface area contributed by atoms with Gasteiger partial charge in [-0.2, -0.15) is 5.10 Å². The summed E-state index contributed by atoms with van der Waals surface area (Å²) in [5.74, 6) is 1.37. The fraction of sp³-hybridized carbons (Fsp3) is 0.231. The van der Waals surface area contributed by atoms with Gasteiger partial charge in [0.1, 0.15) is 24.1 Å². The molecule has 1 aliphatic heterocycles. The molecule has 33 heavy (non-hydrogen) atoms. The molecule has 1 heterocycles. The van der Waals surface area contributed by atoms with E-state index in [2.05, 4.69) is 52.6 Å². The number of rotatable bonds is 8. The van der Waals surface area contributed by atoms with Crippen LogP contribution in [0.4, 0.5) is 0 Å². The van der Waals surface area contributed by atoms with Gasteiger partial charge in [0, 0.05) is 5.56 Å². The lowest BCUT2D eigenvalue weighted by molar-refractivity contribution is -0.122. The van der Waals surface area contributed by atoms with Gasteiger partial charge in [-0.25, -0.2) is 16.3 Å². The first-order valence-corrected chi connectivity index (χ1v) is 10.9. The lowest BCUT2D eigenvalue weighted by atomic mass is 10.0. The van der Waals surface area contributed by atoms with Crippen LogP contribution >= 0.6 is 0 Å². The Hall–Kier alpha value is -3.68. The first kappa shape index (κ1) is 22.5. The maximum atomic E-state index is 12.6. The van der Waals surface area contributed by atoms with Crippen LogP contribution in [0.1, 0.15) is 34.7 Å². The summed E-state index contributed by atoms with van der Waals surface area (Å²) in [5.41, 5.74) is 13.1. The summed E-state index contributed by atoms with van der Waals surface area (Å²) in [5, 5.41) is 4.07. The number of aryl methyl sites for hydroxylation is 1. The molecule has 7 nitrogen and oxygen atoms in total.